The number of aromatic nitrogens is 5. The number of nitrogens with zero attached hydrogens (tertiary/aromatic N) is 5. The van der Waals surface area contributed by atoms with Gasteiger partial charge < -0.3 is 9.30 Å². The average Bonchev–Trinajstić information content (AvgIpc) is 3.41. The monoisotopic (exact) mass is 423 g/mol. The van der Waals surface area contributed by atoms with E-state index in [1.54, 1.807) is 18.9 Å². The SMILES string of the molecule is CCn1c(Sc2nc(C)nc3sc4c(c23)CCC4)nnc1-c1ccccc1OC. The van der Waals surface area contributed by atoms with Crippen molar-refractivity contribution in [2.45, 2.75) is 49.8 Å². The fraction of sp³-hybridized carbons (Fsp3) is 0.333. The van der Waals surface area contributed by atoms with Crippen molar-refractivity contribution in [1.29, 1.82) is 0 Å². The van der Waals surface area contributed by atoms with Crippen LogP contribution in [0.5, 0.6) is 5.75 Å². The zero-order valence-electron chi connectivity index (χ0n) is 16.6. The van der Waals surface area contributed by atoms with E-state index in [0.717, 1.165) is 57.4 Å². The van der Waals surface area contributed by atoms with Crippen LogP contribution in [0.4, 0.5) is 0 Å². The lowest BCUT2D eigenvalue weighted by molar-refractivity contribution is 0.416. The summed E-state index contributed by atoms with van der Waals surface area (Å²) in [6.07, 6.45) is 3.49. The smallest absolute Gasteiger partial charge is 0.197 e. The Bertz CT molecular complexity index is 1210. The largest absolute Gasteiger partial charge is 0.496 e. The Hall–Kier alpha value is -2.45. The van der Waals surface area contributed by atoms with Gasteiger partial charge in [-0.2, -0.15) is 0 Å². The van der Waals surface area contributed by atoms with Crippen molar-refractivity contribution in [2.24, 2.45) is 0 Å². The summed E-state index contributed by atoms with van der Waals surface area (Å²) in [6, 6.07) is 7.92. The number of fused-ring (bicyclic) bond motifs is 3. The first-order chi connectivity index (χ1) is 14.2. The second-order valence-electron chi connectivity index (χ2n) is 6.97. The van der Waals surface area contributed by atoms with Crippen LogP contribution >= 0.6 is 23.1 Å². The van der Waals surface area contributed by atoms with Crippen LogP contribution in [0.25, 0.3) is 21.6 Å². The zero-order valence-corrected chi connectivity index (χ0v) is 18.2. The van der Waals surface area contributed by atoms with Crippen molar-refractivity contribution in [3.8, 4) is 17.1 Å². The van der Waals surface area contributed by atoms with Crippen molar-refractivity contribution in [1.82, 2.24) is 24.7 Å². The molecule has 0 bridgehead atoms. The molecule has 0 saturated heterocycles. The molecule has 0 unspecified atom stereocenters. The van der Waals surface area contributed by atoms with E-state index in [2.05, 4.69) is 21.7 Å². The van der Waals surface area contributed by atoms with E-state index in [9.17, 15) is 0 Å². The first-order valence-electron chi connectivity index (χ1n) is 9.73. The molecule has 0 atom stereocenters. The molecule has 0 amide bonds. The molecule has 1 aromatic carbocycles. The number of aryl methyl sites for hydroxylation is 3. The summed E-state index contributed by atoms with van der Waals surface area (Å²) in [5, 5.41) is 12.0. The molecule has 5 rings (SSSR count). The summed E-state index contributed by atoms with van der Waals surface area (Å²) >= 11 is 3.40. The molecule has 3 heterocycles. The van der Waals surface area contributed by atoms with Gasteiger partial charge in [-0.25, -0.2) is 9.97 Å². The molecule has 8 heteroatoms. The molecular formula is C21H21N5OS2. The maximum absolute atomic E-state index is 5.53. The molecule has 0 N–H and O–H groups in total. The Kier molecular flexibility index (Phi) is 4.75. The van der Waals surface area contributed by atoms with Crippen LogP contribution in [0.2, 0.25) is 0 Å². The standard InChI is InChI=1S/C21H21N5OS2/c1-4-26-18(13-8-5-6-10-15(13)27-3)24-25-21(26)29-20-17-14-9-7-11-16(14)28-19(17)22-12(2)23-20/h5-6,8,10H,4,7,9,11H2,1-3H3. The van der Waals surface area contributed by atoms with Crippen LogP contribution in [0.1, 0.15) is 29.6 Å². The molecule has 1 aliphatic carbocycles. The zero-order chi connectivity index (χ0) is 20.0. The summed E-state index contributed by atoms with van der Waals surface area (Å²) in [7, 11) is 1.68. The second-order valence-corrected chi connectivity index (χ2v) is 9.01. The summed E-state index contributed by atoms with van der Waals surface area (Å²) in [5.74, 6) is 2.40. The van der Waals surface area contributed by atoms with Gasteiger partial charge in [0.1, 0.15) is 21.4 Å². The fourth-order valence-electron chi connectivity index (χ4n) is 3.90. The lowest BCUT2D eigenvalue weighted by Gasteiger charge is -2.10. The molecule has 0 radical (unpaired) electrons. The van der Waals surface area contributed by atoms with E-state index in [4.69, 9.17) is 14.7 Å². The summed E-state index contributed by atoms with van der Waals surface area (Å²) in [6.45, 7) is 4.83. The van der Waals surface area contributed by atoms with E-state index in [-0.39, 0.29) is 0 Å². The molecular weight excluding hydrogens is 402 g/mol. The van der Waals surface area contributed by atoms with Gasteiger partial charge in [0.15, 0.2) is 11.0 Å². The van der Waals surface area contributed by atoms with E-state index < -0.39 is 0 Å². The molecule has 1 aliphatic rings. The third-order valence-electron chi connectivity index (χ3n) is 5.21. The number of para-hydroxylation sites is 1. The minimum atomic E-state index is 0.762. The van der Waals surface area contributed by atoms with Gasteiger partial charge in [0.2, 0.25) is 0 Å². The van der Waals surface area contributed by atoms with Crippen molar-refractivity contribution in [3.63, 3.8) is 0 Å². The van der Waals surface area contributed by atoms with Crippen molar-refractivity contribution in [3.05, 3.63) is 40.5 Å². The lowest BCUT2D eigenvalue weighted by atomic mass is 10.2. The van der Waals surface area contributed by atoms with Gasteiger partial charge in [0.25, 0.3) is 0 Å². The fourth-order valence-corrected chi connectivity index (χ4v) is 6.35. The minimum absolute atomic E-state index is 0.762. The maximum Gasteiger partial charge on any atom is 0.197 e. The van der Waals surface area contributed by atoms with Crippen LogP contribution in [0, 0.1) is 6.92 Å². The van der Waals surface area contributed by atoms with E-state index in [0.29, 0.717) is 0 Å². The molecule has 0 fully saturated rings. The van der Waals surface area contributed by atoms with Gasteiger partial charge in [-0.3, -0.25) is 0 Å². The Morgan fingerprint density at radius 3 is 2.86 bits per heavy atom. The van der Waals surface area contributed by atoms with Gasteiger partial charge in [-0.15, -0.1) is 21.5 Å². The molecule has 6 nitrogen and oxygen atoms in total. The highest BCUT2D eigenvalue weighted by atomic mass is 32.2. The van der Waals surface area contributed by atoms with Crippen molar-refractivity contribution < 1.29 is 4.74 Å². The topological polar surface area (TPSA) is 65.7 Å². The quantitative estimate of drug-likeness (QED) is 0.424. The number of thiophene rings is 1. The van der Waals surface area contributed by atoms with Crippen LogP contribution in [0.15, 0.2) is 34.4 Å². The first kappa shape index (κ1) is 18.6. The normalized spacial score (nSPS) is 13.2. The highest BCUT2D eigenvalue weighted by Crippen LogP contribution is 2.42. The summed E-state index contributed by atoms with van der Waals surface area (Å²) in [5.41, 5.74) is 2.37. The van der Waals surface area contributed by atoms with E-state index >= 15 is 0 Å². The third-order valence-corrected chi connectivity index (χ3v) is 7.37. The Morgan fingerprint density at radius 1 is 1.17 bits per heavy atom. The number of hydrogen-bond donors (Lipinski definition) is 0. The van der Waals surface area contributed by atoms with Crippen molar-refractivity contribution >= 4 is 33.3 Å². The Labute approximate surface area is 177 Å². The first-order valence-corrected chi connectivity index (χ1v) is 11.4. The van der Waals surface area contributed by atoms with Gasteiger partial charge in [0, 0.05) is 16.8 Å². The predicted octanol–water partition coefficient (Wildman–Crippen LogP) is 4.93. The van der Waals surface area contributed by atoms with Gasteiger partial charge >= 0.3 is 0 Å². The Balaban J connectivity index is 1.61. The van der Waals surface area contributed by atoms with Crippen LogP contribution in [-0.4, -0.2) is 31.8 Å². The second kappa shape index (κ2) is 7.42. The van der Waals surface area contributed by atoms with E-state index in [1.807, 2.05) is 42.5 Å². The van der Waals surface area contributed by atoms with Crippen molar-refractivity contribution in [2.75, 3.05) is 7.11 Å². The van der Waals surface area contributed by atoms with Gasteiger partial charge in [0.05, 0.1) is 12.7 Å². The van der Waals surface area contributed by atoms with E-state index in [1.165, 1.54) is 22.2 Å². The number of benzene rings is 1. The molecule has 148 valence electrons. The molecule has 0 aliphatic heterocycles. The highest BCUT2D eigenvalue weighted by molar-refractivity contribution is 7.99. The van der Waals surface area contributed by atoms with Gasteiger partial charge in [-0.05, 0) is 62.6 Å². The summed E-state index contributed by atoms with van der Waals surface area (Å²) in [4.78, 5) is 12.0. The van der Waals surface area contributed by atoms with Gasteiger partial charge in [-0.1, -0.05) is 12.1 Å². The number of rotatable bonds is 5. The summed E-state index contributed by atoms with van der Waals surface area (Å²) < 4.78 is 7.66. The highest BCUT2D eigenvalue weighted by Gasteiger charge is 2.24. The molecule has 4 aromatic rings. The molecule has 0 spiro atoms. The van der Waals surface area contributed by atoms with Crippen LogP contribution in [-0.2, 0) is 19.4 Å². The van der Waals surface area contributed by atoms with Crippen LogP contribution < -0.4 is 4.74 Å². The minimum Gasteiger partial charge on any atom is -0.496 e. The molecule has 3 aromatic heterocycles. The molecule has 29 heavy (non-hydrogen) atoms. The third kappa shape index (κ3) is 3.11. The lowest BCUT2D eigenvalue weighted by Crippen LogP contribution is -2.01. The molecule has 0 saturated carbocycles. The Morgan fingerprint density at radius 2 is 2.03 bits per heavy atom. The number of ether oxygens (including phenoxy) is 1. The number of methoxy groups -OCH3 is 1. The number of hydrogen-bond acceptors (Lipinski definition) is 7. The maximum atomic E-state index is 5.53. The van der Waals surface area contributed by atoms with Crippen LogP contribution in [0.3, 0.4) is 0 Å². The average molecular weight is 424 g/mol. The predicted molar refractivity (Wildman–Crippen MR) is 116 cm³/mol.